The highest BCUT2D eigenvalue weighted by molar-refractivity contribution is 9.10. The first-order chi connectivity index (χ1) is 10.1. The lowest BCUT2D eigenvalue weighted by Gasteiger charge is -2.26. The number of rotatable bonds is 2. The highest BCUT2D eigenvalue weighted by Crippen LogP contribution is 2.35. The van der Waals surface area contributed by atoms with Crippen LogP contribution in [0.25, 0.3) is 6.08 Å². The smallest absolute Gasteiger partial charge is 0.293 e. The molecule has 1 aromatic rings. The van der Waals surface area contributed by atoms with Crippen LogP contribution in [-0.2, 0) is 9.53 Å². The van der Waals surface area contributed by atoms with Crippen molar-refractivity contribution in [3.05, 3.63) is 21.2 Å². The number of hydrogen-bond acceptors (Lipinski definition) is 6. The summed E-state index contributed by atoms with van der Waals surface area (Å²) >= 11 is 4.38. The lowest BCUT2D eigenvalue weighted by Crippen LogP contribution is -2.36. The van der Waals surface area contributed by atoms with Crippen LogP contribution in [0.5, 0.6) is 0 Å². The van der Waals surface area contributed by atoms with Gasteiger partial charge in [0.1, 0.15) is 5.76 Å². The van der Waals surface area contributed by atoms with Gasteiger partial charge in [0.05, 0.1) is 22.6 Å². The third-order valence-electron chi connectivity index (χ3n) is 3.25. The average Bonchev–Trinajstić information content (AvgIpc) is 2.96. The molecule has 0 N–H and O–H groups in total. The molecular formula is C13H13BrN2O4S. The van der Waals surface area contributed by atoms with Gasteiger partial charge in [-0.25, -0.2) is 0 Å². The maximum Gasteiger partial charge on any atom is 0.293 e. The van der Waals surface area contributed by atoms with Crippen LogP contribution in [0.1, 0.15) is 5.76 Å². The van der Waals surface area contributed by atoms with Crippen molar-refractivity contribution in [2.45, 2.75) is 0 Å². The molecule has 0 radical (unpaired) electrons. The van der Waals surface area contributed by atoms with Crippen molar-refractivity contribution in [1.82, 2.24) is 4.90 Å². The fourth-order valence-electron chi connectivity index (χ4n) is 2.10. The number of morpholine rings is 1. The van der Waals surface area contributed by atoms with Gasteiger partial charge < -0.3 is 14.1 Å². The van der Waals surface area contributed by atoms with E-state index in [0.717, 1.165) is 40.1 Å². The zero-order valence-corrected chi connectivity index (χ0v) is 13.7. The van der Waals surface area contributed by atoms with Gasteiger partial charge in [-0.15, -0.1) is 0 Å². The van der Waals surface area contributed by atoms with E-state index in [0.29, 0.717) is 23.9 Å². The number of ether oxygens (including phenoxy) is 1. The van der Waals surface area contributed by atoms with Crippen LogP contribution in [0, 0.1) is 0 Å². The minimum absolute atomic E-state index is 0.273. The Morgan fingerprint density at radius 2 is 2.05 bits per heavy atom. The van der Waals surface area contributed by atoms with Crippen molar-refractivity contribution in [1.29, 1.82) is 0 Å². The van der Waals surface area contributed by atoms with Crippen LogP contribution in [0.2, 0.25) is 0 Å². The molecule has 2 aliphatic heterocycles. The number of likely N-dealkylation sites (N-methyl/N-ethyl adjacent to an activating group) is 1. The molecule has 112 valence electrons. The standard InChI is InChI=1S/C13H13BrN2O4S/c1-15-11(17)10(21-13(15)18)7-8-6-9(14)12(20-8)16-2-4-19-5-3-16/h6-7H,2-5H2,1H3/b10-7+. The number of nitrogens with zero attached hydrogens (tertiary/aromatic N) is 2. The highest BCUT2D eigenvalue weighted by atomic mass is 79.9. The van der Waals surface area contributed by atoms with E-state index >= 15 is 0 Å². The molecule has 0 saturated carbocycles. The molecule has 2 aliphatic rings. The van der Waals surface area contributed by atoms with Gasteiger partial charge in [-0.3, -0.25) is 14.5 Å². The van der Waals surface area contributed by atoms with Crippen molar-refractivity contribution in [3.8, 4) is 0 Å². The molecule has 1 aromatic heterocycles. The van der Waals surface area contributed by atoms with Gasteiger partial charge >= 0.3 is 0 Å². The van der Waals surface area contributed by atoms with Crippen LogP contribution in [0.3, 0.4) is 0 Å². The first kappa shape index (κ1) is 14.7. The van der Waals surface area contributed by atoms with E-state index in [1.54, 1.807) is 12.1 Å². The normalized spacial score (nSPS) is 21.7. The molecule has 3 rings (SSSR count). The Balaban J connectivity index is 1.84. The second-order valence-corrected chi connectivity index (χ2v) is 6.49. The summed E-state index contributed by atoms with van der Waals surface area (Å²) in [6, 6.07) is 1.80. The molecule has 0 aliphatic carbocycles. The monoisotopic (exact) mass is 372 g/mol. The van der Waals surface area contributed by atoms with E-state index in [4.69, 9.17) is 9.15 Å². The molecule has 0 aromatic carbocycles. The van der Waals surface area contributed by atoms with E-state index in [2.05, 4.69) is 20.8 Å². The minimum Gasteiger partial charge on any atom is -0.440 e. The number of anilines is 1. The molecule has 2 amide bonds. The number of carbonyl (C=O) groups is 2. The number of halogens is 1. The van der Waals surface area contributed by atoms with Crippen molar-refractivity contribution in [2.24, 2.45) is 0 Å². The molecule has 3 heterocycles. The summed E-state index contributed by atoms with van der Waals surface area (Å²) in [5.41, 5.74) is 0. The van der Waals surface area contributed by atoms with Gasteiger partial charge in [0.2, 0.25) is 5.88 Å². The molecule has 0 unspecified atom stereocenters. The predicted octanol–water partition coefficient (Wildman–Crippen LogP) is 2.54. The summed E-state index contributed by atoms with van der Waals surface area (Å²) in [4.78, 5) is 26.9. The number of thioether (sulfide) groups is 1. The fourth-order valence-corrected chi connectivity index (χ4v) is 3.47. The van der Waals surface area contributed by atoms with Gasteiger partial charge in [-0.1, -0.05) is 0 Å². The summed E-state index contributed by atoms with van der Waals surface area (Å²) in [6.07, 6.45) is 1.60. The van der Waals surface area contributed by atoms with Crippen LogP contribution >= 0.6 is 27.7 Å². The quantitative estimate of drug-likeness (QED) is 0.743. The maximum absolute atomic E-state index is 11.8. The predicted molar refractivity (Wildman–Crippen MR) is 83.2 cm³/mol. The largest absolute Gasteiger partial charge is 0.440 e. The molecule has 21 heavy (non-hydrogen) atoms. The second kappa shape index (κ2) is 5.86. The Labute approximate surface area is 134 Å². The maximum atomic E-state index is 11.8. The van der Waals surface area contributed by atoms with Crippen LogP contribution < -0.4 is 4.90 Å². The fraction of sp³-hybridized carbons (Fsp3) is 0.385. The van der Waals surface area contributed by atoms with Crippen LogP contribution in [0.4, 0.5) is 10.7 Å². The Morgan fingerprint density at radius 3 is 2.67 bits per heavy atom. The first-order valence-corrected chi connectivity index (χ1v) is 8.01. The van der Waals surface area contributed by atoms with Gasteiger partial charge in [0.25, 0.3) is 11.1 Å². The van der Waals surface area contributed by atoms with Gasteiger partial charge in [-0.05, 0) is 27.7 Å². The molecule has 2 fully saturated rings. The zero-order chi connectivity index (χ0) is 15.0. The van der Waals surface area contributed by atoms with E-state index in [1.807, 2.05) is 0 Å². The molecule has 0 spiro atoms. The van der Waals surface area contributed by atoms with Crippen molar-refractivity contribution < 1.29 is 18.7 Å². The van der Waals surface area contributed by atoms with E-state index in [9.17, 15) is 9.59 Å². The average molecular weight is 373 g/mol. The number of carbonyl (C=O) groups excluding carboxylic acids is 2. The summed E-state index contributed by atoms with van der Waals surface area (Å²) in [5, 5.41) is -0.273. The Bertz CT molecular complexity index is 622. The molecular weight excluding hydrogens is 360 g/mol. The van der Waals surface area contributed by atoms with Gasteiger partial charge in [-0.2, -0.15) is 0 Å². The summed E-state index contributed by atoms with van der Waals surface area (Å²) in [5.74, 6) is 0.966. The first-order valence-electron chi connectivity index (χ1n) is 6.40. The molecule has 6 nitrogen and oxygen atoms in total. The van der Waals surface area contributed by atoms with Crippen molar-refractivity contribution in [3.63, 3.8) is 0 Å². The highest BCUT2D eigenvalue weighted by Gasteiger charge is 2.32. The summed E-state index contributed by atoms with van der Waals surface area (Å²) < 4.78 is 11.9. The van der Waals surface area contributed by atoms with Gasteiger partial charge in [0, 0.05) is 32.3 Å². The summed E-state index contributed by atoms with van der Waals surface area (Å²) in [6.45, 7) is 2.85. The minimum atomic E-state index is -0.301. The van der Waals surface area contributed by atoms with Gasteiger partial charge in [0.15, 0.2) is 0 Å². The van der Waals surface area contributed by atoms with E-state index < -0.39 is 0 Å². The Morgan fingerprint density at radius 1 is 1.33 bits per heavy atom. The molecule has 0 atom stereocenters. The lowest BCUT2D eigenvalue weighted by atomic mass is 10.3. The van der Waals surface area contributed by atoms with Crippen molar-refractivity contribution >= 4 is 50.8 Å². The van der Waals surface area contributed by atoms with Crippen LogP contribution in [-0.4, -0.2) is 49.4 Å². The number of amides is 2. The second-order valence-electron chi connectivity index (χ2n) is 4.64. The zero-order valence-electron chi connectivity index (χ0n) is 11.3. The lowest BCUT2D eigenvalue weighted by molar-refractivity contribution is -0.121. The topological polar surface area (TPSA) is 63.0 Å². The molecule has 2 saturated heterocycles. The Kier molecular flexibility index (Phi) is 4.10. The van der Waals surface area contributed by atoms with Crippen LogP contribution in [0.15, 0.2) is 19.9 Å². The Hall–Kier alpha value is -1.25. The third kappa shape index (κ3) is 2.88. The molecule has 0 bridgehead atoms. The van der Waals surface area contributed by atoms with E-state index in [-0.39, 0.29) is 11.1 Å². The van der Waals surface area contributed by atoms with E-state index in [1.165, 1.54) is 7.05 Å². The SMILES string of the molecule is CN1C(=O)S/C(=C/c2cc(Br)c(N3CCOCC3)o2)C1=O. The van der Waals surface area contributed by atoms with Crippen molar-refractivity contribution in [2.75, 3.05) is 38.3 Å². The summed E-state index contributed by atoms with van der Waals surface area (Å²) in [7, 11) is 1.47. The molecule has 8 heteroatoms. The number of imide groups is 1. The number of hydrogen-bond donors (Lipinski definition) is 0. The third-order valence-corrected chi connectivity index (χ3v) is 4.77. The number of furan rings is 1.